The van der Waals surface area contributed by atoms with Crippen molar-refractivity contribution in [1.82, 2.24) is 4.90 Å². The molecule has 0 radical (unpaired) electrons. The Morgan fingerprint density at radius 1 is 1.24 bits per heavy atom. The van der Waals surface area contributed by atoms with Crippen LogP contribution in [0.3, 0.4) is 0 Å². The molecule has 0 N–H and O–H groups in total. The third-order valence-electron chi connectivity index (χ3n) is 4.37. The Hall–Kier alpha value is -0.890. The van der Waals surface area contributed by atoms with Gasteiger partial charge in [0.25, 0.3) is 0 Å². The minimum absolute atomic E-state index is 0.454. The van der Waals surface area contributed by atoms with Crippen molar-refractivity contribution in [2.75, 3.05) is 19.7 Å². The molecular formula is C17H21BrN2O. The molecular weight excluding hydrogens is 328 g/mol. The van der Waals surface area contributed by atoms with Gasteiger partial charge in [-0.1, -0.05) is 15.9 Å². The normalized spacial score (nSPS) is 20.4. The fourth-order valence-corrected chi connectivity index (χ4v) is 3.17. The van der Waals surface area contributed by atoms with Crippen molar-refractivity contribution < 1.29 is 4.74 Å². The second-order valence-electron chi connectivity index (χ2n) is 6.17. The van der Waals surface area contributed by atoms with Gasteiger partial charge in [0.05, 0.1) is 17.7 Å². The van der Waals surface area contributed by atoms with Crippen LogP contribution in [-0.2, 0) is 11.3 Å². The molecule has 1 aromatic carbocycles. The summed E-state index contributed by atoms with van der Waals surface area (Å²) < 4.78 is 7.08. The summed E-state index contributed by atoms with van der Waals surface area (Å²) in [5.41, 5.74) is 1.93. The summed E-state index contributed by atoms with van der Waals surface area (Å²) in [5.74, 6) is 0.854. The van der Waals surface area contributed by atoms with Crippen molar-refractivity contribution in [1.29, 1.82) is 5.26 Å². The summed E-state index contributed by atoms with van der Waals surface area (Å²) in [6, 6.07) is 8.02. The van der Waals surface area contributed by atoms with Crippen LogP contribution in [0.4, 0.5) is 0 Å². The predicted molar refractivity (Wildman–Crippen MR) is 85.8 cm³/mol. The monoisotopic (exact) mass is 348 g/mol. The lowest BCUT2D eigenvalue weighted by molar-refractivity contribution is 0.000902. The molecule has 1 saturated heterocycles. The summed E-state index contributed by atoms with van der Waals surface area (Å²) in [6.45, 7) is 4.04. The molecule has 4 heteroatoms. The Labute approximate surface area is 135 Å². The molecule has 2 fully saturated rings. The van der Waals surface area contributed by atoms with Gasteiger partial charge in [0, 0.05) is 30.7 Å². The SMILES string of the molecule is N#Cc1ccc(Br)c(CN2CCC(OCC3CC3)CC2)c1. The van der Waals surface area contributed by atoms with Crippen molar-refractivity contribution in [3.63, 3.8) is 0 Å². The van der Waals surface area contributed by atoms with E-state index in [4.69, 9.17) is 10.00 Å². The number of benzene rings is 1. The van der Waals surface area contributed by atoms with Crippen LogP contribution in [0.1, 0.15) is 36.8 Å². The van der Waals surface area contributed by atoms with Gasteiger partial charge in [-0.25, -0.2) is 0 Å². The number of ether oxygens (including phenoxy) is 1. The Balaban J connectivity index is 1.49. The lowest BCUT2D eigenvalue weighted by atomic mass is 10.1. The lowest BCUT2D eigenvalue weighted by Crippen LogP contribution is -2.36. The van der Waals surface area contributed by atoms with E-state index < -0.39 is 0 Å². The van der Waals surface area contributed by atoms with E-state index in [-0.39, 0.29) is 0 Å². The highest BCUT2D eigenvalue weighted by Crippen LogP contribution is 2.30. The smallest absolute Gasteiger partial charge is 0.0991 e. The van der Waals surface area contributed by atoms with Gasteiger partial charge in [0.2, 0.25) is 0 Å². The van der Waals surface area contributed by atoms with Crippen LogP contribution < -0.4 is 0 Å². The first-order valence-electron chi connectivity index (χ1n) is 7.77. The Kier molecular flexibility index (Phi) is 4.95. The van der Waals surface area contributed by atoms with Gasteiger partial charge in [-0.15, -0.1) is 0 Å². The average molecular weight is 349 g/mol. The molecule has 0 aromatic heterocycles. The van der Waals surface area contributed by atoms with E-state index in [1.807, 2.05) is 18.2 Å². The molecule has 2 aliphatic rings. The van der Waals surface area contributed by atoms with E-state index in [2.05, 4.69) is 26.9 Å². The molecule has 1 aliphatic heterocycles. The number of likely N-dealkylation sites (tertiary alicyclic amines) is 1. The van der Waals surface area contributed by atoms with Gasteiger partial charge >= 0.3 is 0 Å². The topological polar surface area (TPSA) is 36.3 Å². The second kappa shape index (κ2) is 6.91. The van der Waals surface area contributed by atoms with E-state index >= 15 is 0 Å². The van der Waals surface area contributed by atoms with Crippen LogP contribution in [0.15, 0.2) is 22.7 Å². The summed E-state index contributed by atoms with van der Waals surface area (Å²) >= 11 is 3.59. The molecule has 3 rings (SSSR count). The molecule has 1 saturated carbocycles. The average Bonchev–Trinajstić information content (AvgIpc) is 3.33. The summed E-state index contributed by atoms with van der Waals surface area (Å²) in [5, 5.41) is 9.01. The Bertz CT molecular complexity index is 528. The van der Waals surface area contributed by atoms with Gasteiger partial charge in [0.1, 0.15) is 0 Å². The van der Waals surface area contributed by atoms with Crippen LogP contribution in [0.5, 0.6) is 0 Å². The van der Waals surface area contributed by atoms with Gasteiger partial charge in [-0.2, -0.15) is 5.26 Å². The number of nitriles is 1. The van der Waals surface area contributed by atoms with Crippen LogP contribution in [-0.4, -0.2) is 30.7 Å². The molecule has 1 aromatic rings. The minimum Gasteiger partial charge on any atom is -0.378 e. The number of hydrogen-bond donors (Lipinski definition) is 0. The second-order valence-corrected chi connectivity index (χ2v) is 7.02. The molecule has 0 amide bonds. The third kappa shape index (κ3) is 4.29. The Morgan fingerprint density at radius 3 is 2.67 bits per heavy atom. The molecule has 0 bridgehead atoms. The quantitative estimate of drug-likeness (QED) is 0.813. The van der Waals surface area contributed by atoms with E-state index in [0.29, 0.717) is 6.10 Å². The van der Waals surface area contributed by atoms with Gasteiger partial charge < -0.3 is 4.74 Å². The maximum atomic E-state index is 9.01. The van der Waals surface area contributed by atoms with E-state index in [0.717, 1.165) is 55.0 Å². The van der Waals surface area contributed by atoms with Crippen LogP contribution in [0.2, 0.25) is 0 Å². The maximum Gasteiger partial charge on any atom is 0.0991 e. The predicted octanol–water partition coefficient (Wildman–Crippen LogP) is 3.71. The number of halogens is 1. The zero-order chi connectivity index (χ0) is 14.7. The van der Waals surface area contributed by atoms with E-state index in [1.54, 1.807) is 0 Å². The fraction of sp³-hybridized carbons (Fsp3) is 0.588. The minimum atomic E-state index is 0.454. The maximum absolute atomic E-state index is 9.01. The van der Waals surface area contributed by atoms with Crippen molar-refractivity contribution in [2.45, 2.75) is 38.3 Å². The van der Waals surface area contributed by atoms with Crippen molar-refractivity contribution >= 4 is 15.9 Å². The van der Waals surface area contributed by atoms with Crippen LogP contribution in [0.25, 0.3) is 0 Å². The van der Waals surface area contributed by atoms with Gasteiger partial charge in [-0.3, -0.25) is 4.90 Å². The highest BCUT2D eigenvalue weighted by Gasteiger charge is 2.25. The van der Waals surface area contributed by atoms with E-state index in [9.17, 15) is 0 Å². The van der Waals surface area contributed by atoms with Crippen LogP contribution in [0, 0.1) is 17.2 Å². The molecule has 21 heavy (non-hydrogen) atoms. The molecule has 0 unspecified atom stereocenters. The zero-order valence-electron chi connectivity index (χ0n) is 12.2. The number of hydrogen-bond acceptors (Lipinski definition) is 3. The number of rotatable bonds is 5. The largest absolute Gasteiger partial charge is 0.378 e. The van der Waals surface area contributed by atoms with Gasteiger partial charge in [0.15, 0.2) is 0 Å². The summed E-state index contributed by atoms with van der Waals surface area (Å²) in [6.07, 6.45) is 5.44. The first-order chi connectivity index (χ1) is 10.2. The first kappa shape index (κ1) is 15.0. The molecule has 112 valence electrons. The van der Waals surface area contributed by atoms with Gasteiger partial charge in [-0.05, 0) is 55.4 Å². The fourth-order valence-electron chi connectivity index (χ4n) is 2.80. The summed E-state index contributed by atoms with van der Waals surface area (Å²) in [7, 11) is 0. The third-order valence-corrected chi connectivity index (χ3v) is 5.14. The molecule has 3 nitrogen and oxygen atoms in total. The molecule has 0 spiro atoms. The van der Waals surface area contributed by atoms with E-state index in [1.165, 1.54) is 18.4 Å². The van der Waals surface area contributed by atoms with Crippen LogP contribution >= 0.6 is 15.9 Å². The summed E-state index contributed by atoms with van der Waals surface area (Å²) in [4.78, 5) is 2.46. The lowest BCUT2D eigenvalue weighted by Gasteiger charge is -2.32. The Morgan fingerprint density at radius 2 is 2.00 bits per heavy atom. The molecule has 1 heterocycles. The highest BCUT2D eigenvalue weighted by atomic mass is 79.9. The highest BCUT2D eigenvalue weighted by molar-refractivity contribution is 9.10. The van der Waals surface area contributed by atoms with Crippen molar-refractivity contribution in [2.24, 2.45) is 5.92 Å². The van der Waals surface area contributed by atoms with Crippen molar-refractivity contribution in [3.05, 3.63) is 33.8 Å². The van der Waals surface area contributed by atoms with Crippen molar-refractivity contribution in [3.8, 4) is 6.07 Å². The number of nitrogens with zero attached hydrogens (tertiary/aromatic N) is 2. The number of piperidine rings is 1. The zero-order valence-corrected chi connectivity index (χ0v) is 13.8. The standard InChI is InChI=1S/C17H21BrN2O/c18-17-4-3-14(10-19)9-15(17)11-20-7-5-16(6-8-20)21-12-13-1-2-13/h3-4,9,13,16H,1-2,5-8,11-12H2. The molecule has 1 aliphatic carbocycles. The molecule has 0 atom stereocenters. The first-order valence-corrected chi connectivity index (χ1v) is 8.56.